The summed E-state index contributed by atoms with van der Waals surface area (Å²) in [6.07, 6.45) is 5.39. The molecular formula is C121H79N15S6. The average molecular weight is 1940 g/mol. The number of rotatable bonds is 11. The fourth-order valence-electron chi connectivity index (χ4n) is 22.2. The van der Waals surface area contributed by atoms with E-state index in [9.17, 15) is 0 Å². The highest BCUT2D eigenvalue weighted by atomic mass is 32.1. The van der Waals surface area contributed by atoms with Crippen LogP contribution in [0.1, 0.15) is 89.0 Å². The van der Waals surface area contributed by atoms with Crippen LogP contribution in [0.15, 0.2) is 403 Å². The van der Waals surface area contributed by atoms with E-state index in [0.29, 0.717) is 52.7 Å². The summed E-state index contributed by atoms with van der Waals surface area (Å²) in [6.45, 7) is 8.57. The first kappa shape index (κ1) is 84.8. The number of nitrogens with zero attached hydrogens (tertiary/aromatic N) is 15. The van der Waals surface area contributed by atoms with Crippen LogP contribution in [-0.2, 0) is 16.2 Å². The van der Waals surface area contributed by atoms with E-state index in [1.54, 1.807) is 35.2 Å². The highest BCUT2D eigenvalue weighted by Gasteiger charge is 2.57. The van der Waals surface area contributed by atoms with Gasteiger partial charge in [0.25, 0.3) is 0 Å². The van der Waals surface area contributed by atoms with Crippen molar-refractivity contribution in [1.29, 1.82) is 0 Å². The largest absolute Gasteiger partial charge is 0.310 e. The summed E-state index contributed by atoms with van der Waals surface area (Å²) in [4.78, 5) is 74.8. The van der Waals surface area contributed by atoms with Crippen LogP contribution < -0.4 is 14.7 Å². The van der Waals surface area contributed by atoms with E-state index in [4.69, 9.17) is 49.8 Å². The predicted octanol–water partition coefficient (Wildman–Crippen LogP) is 31.2. The maximum absolute atomic E-state index is 5.21. The lowest BCUT2D eigenvalue weighted by Crippen LogP contribution is -2.37. The van der Waals surface area contributed by atoms with E-state index in [0.717, 1.165) is 112 Å². The van der Waals surface area contributed by atoms with Gasteiger partial charge in [0.05, 0.1) is 50.4 Å². The number of aromatic nitrogens is 12. The number of hydrogen-bond donors (Lipinski definition) is 0. The zero-order valence-electron chi connectivity index (χ0n) is 76.8. The number of thiophene rings is 6. The Labute approximate surface area is 843 Å². The lowest BCUT2D eigenvalue weighted by molar-refractivity contribution is 0.736. The van der Waals surface area contributed by atoms with Gasteiger partial charge in [0.2, 0.25) is 11.9 Å². The lowest BCUT2D eigenvalue weighted by Gasteiger charge is -2.44. The summed E-state index contributed by atoms with van der Waals surface area (Å²) in [7, 11) is 0. The van der Waals surface area contributed by atoms with Gasteiger partial charge in [-0.2, -0.15) is 19.9 Å². The summed E-state index contributed by atoms with van der Waals surface area (Å²) in [5.74, 6) is 6.32. The van der Waals surface area contributed by atoms with Crippen molar-refractivity contribution in [2.75, 3.05) is 14.7 Å². The third-order valence-electron chi connectivity index (χ3n) is 28.1. The van der Waals surface area contributed by atoms with Crippen LogP contribution in [0.2, 0.25) is 0 Å². The quantitative estimate of drug-likeness (QED) is 0.120. The van der Waals surface area contributed by atoms with Crippen LogP contribution >= 0.6 is 68.0 Å². The Morgan fingerprint density at radius 3 is 0.944 bits per heavy atom. The van der Waals surface area contributed by atoms with Crippen LogP contribution in [0.5, 0.6) is 0 Å². The van der Waals surface area contributed by atoms with Gasteiger partial charge in [-0.05, 0) is 235 Å². The SMILES string of the molecule is Cc1cc(N2c3ccccc3C3(c4ccccc42)c2ccsc2-c2sccc23)c(C)cc1-c1nc(-c2ccccc2)nc(-c2ccccc2)n1.Cc1cccc(-c2nc(-c3cccc(C)c3)nc(N3c4ccccc4C4(c5ccccc53)c3ccsc3-c3sccc34)n2)c1.c1ccc(-c2nc(-c3ccc(-c4ccccn4)cc3)nc(N3c4ccccc4C4(c5cncnc53)c3ccsc3-c3sccc34)n2)cc1. The van der Waals surface area contributed by atoms with E-state index in [2.05, 4.69) is 339 Å². The van der Waals surface area contributed by atoms with Crippen molar-refractivity contribution in [3.05, 3.63) is 492 Å². The number of pyridine rings is 1. The average Bonchev–Trinajstić information content (AvgIpc) is 1.54. The minimum atomic E-state index is -0.548. The van der Waals surface area contributed by atoms with Gasteiger partial charge in [0.1, 0.15) is 12.1 Å². The molecule has 29 rings (SSSR count). The highest BCUT2D eigenvalue weighted by Crippen LogP contribution is 2.70. The van der Waals surface area contributed by atoms with Gasteiger partial charge >= 0.3 is 0 Å². The van der Waals surface area contributed by atoms with Crippen molar-refractivity contribution in [2.45, 2.75) is 43.9 Å². The molecule has 0 saturated carbocycles. The molecule has 3 aliphatic heterocycles. The Hall–Kier alpha value is -16.5. The Kier molecular flexibility index (Phi) is 20.3. The lowest BCUT2D eigenvalue weighted by atomic mass is 9.65. The Morgan fingerprint density at radius 1 is 0.225 bits per heavy atom. The first-order chi connectivity index (χ1) is 70.1. The molecule has 142 heavy (non-hydrogen) atoms. The van der Waals surface area contributed by atoms with Crippen molar-refractivity contribution < 1.29 is 0 Å². The number of para-hydroxylation sites is 5. The molecule has 12 aromatic carbocycles. The van der Waals surface area contributed by atoms with Crippen molar-refractivity contribution >= 4 is 120 Å². The molecule has 14 heterocycles. The topological polar surface area (TPSA) is 164 Å². The Balaban J connectivity index is 0.000000107. The van der Waals surface area contributed by atoms with Gasteiger partial charge < -0.3 is 4.90 Å². The zero-order chi connectivity index (χ0) is 94.5. The van der Waals surface area contributed by atoms with Crippen LogP contribution in [0.25, 0.3) is 120 Å². The van der Waals surface area contributed by atoms with Crippen LogP contribution in [-0.4, -0.2) is 59.8 Å². The molecule has 0 atom stereocenters. The Bertz CT molecular complexity index is 8540. The molecular weight excluding hydrogens is 1860 g/mol. The van der Waals surface area contributed by atoms with Gasteiger partial charge in [-0.3, -0.25) is 14.8 Å². The number of aryl methyl sites for hydroxylation is 4. The molecule has 3 aliphatic carbocycles. The molecule has 0 fully saturated rings. The summed E-state index contributed by atoms with van der Waals surface area (Å²) in [5.41, 5.74) is 33.9. The van der Waals surface area contributed by atoms with Crippen LogP contribution in [0.3, 0.4) is 0 Å². The first-order valence-corrected chi connectivity index (χ1v) is 52.2. The summed E-state index contributed by atoms with van der Waals surface area (Å²) in [6, 6.07) is 124. The molecule has 0 bridgehead atoms. The third-order valence-corrected chi connectivity index (χ3v) is 34.1. The first-order valence-electron chi connectivity index (χ1n) is 47.0. The van der Waals surface area contributed by atoms with Gasteiger partial charge in [-0.1, -0.05) is 260 Å². The van der Waals surface area contributed by atoms with Crippen molar-refractivity contribution in [1.82, 2.24) is 59.8 Å². The standard InChI is InChI=1S/C44H30N4S2.C39H23N7S2.C38H26N4S2/c1-27-26-38(28(2)25-31(27)43-46-41(29-13-5-3-6-14-29)45-42(47-43)30-15-7-4-8-16-30)48-36-19-11-9-17-32(36)44(33-18-10-12-20-37(33)48)34-21-23-49-39(34)40-35(44)22-24-50-40;1-2-8-25(9-3-1)35-43-36(26-15-13-24(14-16-26)31-11-6-7-19-41-31)45-38(44-35)46-32-12-5-4-10-27(32)39(30-22-40-23-42-37(30)46)28-17-20-47-33(28)34-29(39)18-21-48-34;1-23-9-7-11-25(21-23)35-39-36(26-12-8-10-24(2)22-26)41-37(40-35)42-31-15-5-3-13-27(31)38(28-14-4-6-16-32(28)42)29-17-19-43-33(29)34-30(38)18-20-44-34/h3-26H,1-2H3;1-23H;3-22H,1-2H3. The monoisotopic (exact) mass is 1930 g/mol. The van der Waals surface area contributed by atoms with E-state index in [1.165, 1.54) is 96.3 Å². The molecule has 21 heteroatoms. The maximum Gasteiger partial charge on any atom is 0.239 e. The fraction of sp³-hybridized carbons (Fsp3) is 0.0579. The van der Waals surface area contributed by atoms with Gasteiger partial charge in [0.15, 0.2) is 40.8 Å². The molecule has 0 unspecified atom stereocenters. The van der Waals surface area contributed by atoms with Crippen molar-refractivity contribution in [3.63, 3.8) is 0 Å². The molecule has 674 valence electrons. The minimum Gasteiger partial charge on any atom is -0.310 e. The smallest absolute Gasteiger partial charge is 0.239 e. The molecule has 23 aromatic rings. The number of benzene rings is 12. The van der Waals surface area contributed by atoms with Gasteiger partial charge in [0, 0.05) is 97.4 Å². The predicted molar refractivity (Wildman–Crippen MR) is 579 cm³/mol. The van der Waals surface area contributed by atoms with E-state index >= 15 is 0 Å². The van der Waals surface area contributed by atoms with Gasteiger partial charge in [-0.15, -0.1) is 68.0 Å². The molecule has 0 amide bonds. The number of hydrogen-bond acceptors (Lipinski definition) is 21. The molecule has 0 radical (unpaired) electrons. The normalized spacial score (nSPS) is 13.6. The van der Waals surface area contributed by atoms with Crippen molar-refractivity contribution in [3.8, 4) is 120 Å². The molecule has 0 N–H and O–H groups in total. The van der Waals surface area contributed by atoms with Crippen LogP contribution in [0.4, 0.5) is 51.8 Å². The molecule has 11 aromatic heterocycles. The second kappa shape index (κ2) is 34.0. The highest BCUT2D eigenvalue weighted by molar-refractivity contribution is 7.22. The third kappa shape index (κ3) is 13.1. The molecule has 0 saturated heterocycles. The number of fused-ring (bicyclic) bond motifs is 27. The van der Waals surface area contributed by atoms with Crippen molar-refractivity contribution in [2.24, 2.45) is 0 Å². The van der Waals surface area contributed by atoms with Crippen LogP contribution in [0, 0.1) is 27.7 Å². The van der Waals surface area contributed by atoms with E-state index in [-0.39, 0.29) is 5.41 Å². The summed E-state index contributed by atoms with van der Waals surface area (Å²) in [5, 5.41) is 13.4. The molecule has 3 spiro atoms. The van der Waals surface area contributed by atoms with E-state index in [1.807, 2.05) is 149 Å². The van der Waals surface area contributed by atoms with Gasteiger partial charge in [-0.25, -0.2) is 34.9 Å². The Morgan fingerprint density at radius 2 is 0.549 bits per heavy atom. The second-order valence-electron chi connectivity index (χ2n) is 36.0. The number of anilines is 9. The second-order valence-corrected chi connectivity index (χ2v) is 41.5. The molecule has 6 aliphatic rings. The summed E-state index contributed by atoms with van der Waals surface area (Å²) >= 11 is 11.0. The minimum absolute atomic E-state index is 0.357. The maximum atomic E-state index is 5.21. The summed E-state index contributed by atoms with van der Waals surface area (Å²) < 4.78 is 0. The molecule has 15 nitrogen and oxygen atoms in total. The zero-order valence-corrected chi connectivity index (χ0v) is 81.7. The van der Waals surface area contributed by atoms with E-state index < -0.39 is 10.8 Å². The fourth-order valence-corrected chi connectivity index (χ4v) is 28.5.